The van der Waals surface area contributed by atoms with Gasteiger partial charge in [0.1, 0.15) is 23.9 Å². The number of carboxylic acid groups (broad SMARTS) is 1. The second kappa shape index (κ2) is 13.7. The maximum absolute atomic E-state index is 13.2. The third kappa shape index (κ3) is 8.97. The molecule has 4 atom stereocenters. The Labute approximate surface area is 225 Å². The van der Waals surface area contributed by atoms with Crippen LogP contribution in [-0.4, -0.2) is 68.0 Å². The quantitative estimate of drug-likeness (QED) is 0.159. The maximum Gasteiger partial charge on any atom is 0.326 e. The molecule has 0 fully saturated rings. The number of nitrogens with zero attached hydrogens (tertiary/aromatic N) is 1. The molecular formula is C27H32N6O6. The van der Waals surface area contributed by atoms with Crippen LogP contribution >= 0.6 is 0 Å². The van der Waals surface area contributed by atoms with Crippen LogP contribution in [0.25, 0.3) is 0 Å². The number of aliphatic carboxylic acids is 1. The van der Waals surface area contributed by atoms with Crippen molar-refractivity contribution < 1.29 is 29.4 Å². The molecule has 0 saturated heterocycles. The first kappa shape index (κ1) is 28.9. The third-order valence-electron chi connectivity index (χ3n) is 5.99. The number of H-pyrrole nitrogens is 1. The van der Waals surface area contributed by atoms with Crippen molar-refractivity contribution in [2.75, 3.05) is 0 Å². The Hall–Kier alpha value is -4.71. The summed E-state index contributed by atoms with van der Waals surface area (Å²) in [7, 11) is 0. The van der Waals surface area contributed by atoms with Gasteiger partial charge in [-0.1, -0.05) is 42.5 Å². The molecule has 3 rings (SSSR count). The number of nitrogens with one attached hydrogen (secondary N) is 4. The molecule has 0 spiro atoms. The molecule has 0 bridgehead atoms. The van der Waals surface area contributed by atoms with Crippen LogP contribution in [-0.2, 0) is 38.4 Å². The minimum absolute atomic E-state index is 0.0205. The number of rotatable bonds is 13. The van der Waals surface area contributed by atoms with Gasteiger partial charge in [0.15, 0.2) is 0 Å². The number of nitrogens with two attached hydrogens (primary N) is 1. The molecule has 0 radical (unpaired) electrons. The minimum Gasteiger partial charge on any atom is -0.508 e. The summed E-state index contributed by atoms with van der Waals surface area (Å²) in [5.74, 6) is -3.06. The van der Waals surface area contributed by atoms with E-state index in [1.165, 1.54) is 31.6 Å². The molecular weight excluding hydrogens is 504 g/mol. The summed E-state index contributed by atoms with van der Waals surface area (Å²) in [6, 6.07) is 10.9. The molecule has 0 saturated carbocycles. The molecule has 0 aliphatic carbocycles. The number of hydrogen-bond acceptors (Lipinski definition) is 7. The van der Waals surface area contributed by atoms with E-state index in [0.29, 0.717) is 5.69 Å². The summed E-state index contributed by atoms with van der Waals surface area (Å²) in [5.41, 5.74) is 8.11. The molecule has 8 N–H and O–H groups in total. The number of aromatic nitrogens is 2. The SMILES string of the molecule is CC(NC(=O)C(Cc1ccccc1)NC(=O)C(N)Cc1ccc(O)cc1)C(=O)NC(Cc1cnc[nH]1)C(=O)O. The van der Waals surface area contributed by atoms with E-state index in [1.54, 1.807) is 36.4 Å². The molecule has 39 heavy (non-hydrogen) atoms. The Morgan fingerprint density at radius 2 is 1.49 bits per heavy atom. The highest BCUT2D eigenvalue weighted by Crippen LogP contribution is 2.11. The van der Waals surface area contributed by atoms with Crippen LogP contribution in [0.3, 0.4) is 0 Å². The number of aromatic hydroxyl groups is 1. The largest absolute Gasteiger partial charge is 0.508 e. The van der Waals surface area contributed by atoms with Gasteiger partial charge in [-0.2, -0.15) is 0 Å². The molecule has 12 nitrogen and oxygen atoms in total. The number of aromatic amines is 1. The molecule has 3 aromatic rings. The molecule has 1 heterocycles. The molecule has 1 aromatic heterocycles. The van der Waals surface area contributed by atoms with E-state index in [4.69, 9.17) is 5.73 Å². The minimum atomic E-state index is -1.24. The summed E-state index contributed by atoms with van der Waals surface area (Å²) < 4.78 is 0. The molecule has 206 valence electrons. The number of phenols is 1. The Morgan fingerprint density at radius 1 is 0.846 bits per heavy atom. The second-order valence-corrected chi connectivity index (χ2v) is 9.14. The van der Waals surface area contributed by atoms with Crippen LogP contribution in [0.5, 0.6) is 5.75 Å². The fourth-order valence-corrected chi connectivity index (χ4v) is 3.81. The first-order valence-corrected chi connectivity index (χ1v) is 12.3. The van der Waals surface area contributed by atoms with Gasteiger partial charge in [0.05, 0.1) is 12.4 Å². The normalized spacial score (nSPS) is 13.9. The van der Waals surface area contributed by atoms with Crippen LogP contribution in [0.4, 0.5) is 0 Å². The predicted molar refractivity (Wildman–Crippen MR) is 141 cm³/mol. The van der Waals surface area contributed by atoms with Crippen molar-refractivity contribution in [3.05, 3.63) is 83.9 Å². The zero-order valence-corrected chi connectivity index (χ0v) is 21.3. The highest BCUT2D eigenvalue weighted by atomic mass is 16.4. The van der Waals surface area contributed by atoms with Gasteiger partial charge in [-0.15, -0.1) is 0 Å². The highest BCUT2D eigenvalue weighted by Gasteiger charge is 2.29. The smallest absolute Gasteiger partial charge is 0.326 e. The van der Waals surface area contributed by atoms with E-state index in [1.807, 2.05) is 6.07 Å². The number of carboxylic acids is 1. The molecule has 0 aliphatic heterocycles. The lowest BCUT2D eigenvalue weighted by Gasteiger charge is -2.23. The average Bonchev–Trinajstić information content (AvgIpc) is 3.42. The summed E-state index contributed by atoms with van der Waals surface area (Å²) in [6.07, 6.45) is 3.15. The Bertz CT molecular complexity index is 1250. The standard InChI is InChI=1S/C27H32N6O6/c1-16(24(35)33-23(27(38)39)13-19-14-29-15-30-19)31-26(37)22(12-17-5-3-2-4-6-17)32-25(36)21(28)11-18-7-9-20(34)10-8-18/h2-10,14-16,21-23,34H,11-13,28H2,1H3,(H,29,30)(H,31,37)(H,32,36)(H,33,35)(H,38,39). The average molecular weight is 537 g/mol. The zero-order valence-electron chi connectivity index (χ0n) is 21.3. The summed E-state index contributed by atoms with van der Waals surface area (Å²) >= 11 is 0. The van der Waals surface area contributed by atoms with Crippen molar-refractivity contribution in [1.82, 2.24) is 25.9 Å². The maximum atomic E-state index is 13.2. The number of benzene rings is 2. The lowest BCUT2D eigenvalue weighted by Crippen LogP contribution is -2.57. The van der Waals surface area contributed by atoms with Gasteiger partial charge in [0.2, 0.25) is 17.7 Å². The summed E-state index contributed by atoms with van der Waals surface area (Å²) in [4.78, 5) is 57.1. The first-order chi connectivity index (χ1) is 18.6. The van der Waals surface area contributed by atoms with Gasteiger partial charge >= 0.3 is 5.97 Å². The molecule has 12 heteroatoms. The van der Waals surface area contributed by atoms with Crippen molar-refractivity contribution in [2.45, 2.75) is 50.4 Å². The van der Waals surface area contributed by atoms with E-state index < -0.39 is 47.9 Å². The van der Waals surface area contributed by atoms with Gasteiger partial charge in [-0.3, -0.25) is 14.4 Å². The van der Waals surface area contributed by atoms with Crippen LogP contribution in [0, 0.1) is 0 Å². The Kier molecular flexibility index (Phi) is 10.2. The van der Waals surface area contributed by atoms with Gasteiger partial charge in [0.25, 0.3) is 0 Å². The van der Waals surface area contributed by atoms with Crippen molar-refractivity contribution in [1.29, 1.82) is 0 Å². The lowest BCUT2D eigenvalue weighted by atomic mass is 10.0. The van der Waals surface area contributed by atoms with Crippen LogP contribution in [0.2, 0.25) is 0 Å². The third-order valence-corrected chi connectivity index (χ3v) is 5.99. The molecule has 4 unspecified atom stereocenters. The monoisotopic (exact) mass is 536 g/mol. The van der Waals surface area contributed by atoms with Crippen molar-refractivity contribution in [3.63, 3.8) is 0 Å². The number of phenolic OH excluding ortho intramolecular Hbond substituents is 1. The van der Waals surface area contributed by atoms with Crippen LogP contribution < -0.4 is 21.7 Å². The van der Waals surface area contributed by atoms with Gasteiger partial charge in [-0.25, -0.2) is 9.78 Å². The fraction of sp³-hybridized carbons (Fsp3) is 0.296. The number of carbonyl (C=O) groups excluding carboxylic acids is 3. The zero-order chi connectivity index (χ0) is 28.4. The fourth-order valence-electron chi connectivity index (χ4n) is 3.81. The summed E-state index contributed by atoms with van der Waals surface area (Å²) in [6.45, 7) is 1.42. The van der Waals surface area contributed by atoms with Gasteiger partial charge in [0, 0.05) is 24.7 Å². The van der Waals surface area contributed by atoms with E-state index in [0.717, 1.165) is 11.1 Å². The first-order valence-electron chi connectivity index (χ1n) is 12.3. The number of imidazole rings is 1. The van der Waals surface area contributed by atoms with E-state index in [-0.39, 0.29) is 25.0 Å². The number of carbonyl (C=O) groups is 4. The number of hydrogen-bond donors (Lipinski definition) is 7. The number of amides is 3. The Balaban J connectivity index is 1.65. The second-order valence-electron chi connectivity index (χ2n) is 9.14. The van der Waals surface area contributed by atoms with Gasteiger partial charge < -0.3 is 36.9 Å². The topological polar surface area (TPSA) is 200 Å². The van der Waals surface area contributed by atoms with Crippen molar-refractivity contribution >= 4 is 23.7 Å². The van der Waals surface area contributed by atoms with E-state index >= 15 is 0 Å². The van der Waals surface area contributed by atoms with E-state index in [9.17, 15) is 29.4 Å². The van der Waals surface area contributed by atoms with E-state index in [2.05, 4.69) is 25.9 Å². The van der Waals surface area contributed by atoms with Crippen LogP contribution in [0.1, 0.15) is 23.7 Å². The van der Waals surface area contributed by atoms with Crippen molar-refractivity contribution in [2.24, 2.45) is 5.73 Å². The van der Waals surface area contributed by atoms with Crippen molar-refractivity contribution in [3.8, 4) is 5.75 Å². The molecule has 2 aromatic carbocycles. The Morgan fingerprint density at radius 3 is 2.10 bits per heavy atom. The van der Waals surface area contributed by atoms with Gasteiger partial charge in [-0.05, 0) is 36.6 Å². The summed E-state index contributed by atoms with van der Waals surface area (Å²) in [5, 5.41) is 26.6. The van der Waals surface area contributed by atoms with Crippen LogP contribution in [0.15, 0.2) is 67.1 Å². The highest BCUT2D eigenvalue weighted by molar-refractivity contribution is 5.94. The molecule has 0 aliphatic rings. The molecule has 3 amide bonds. The lowest BCUT2D eigenvalue weighted by molar-refractivity contribution is -0.142. The predicted octanol–water partition coefficient (Wildman–Crippen LogP) is 0.0294.